The van der Waals surface area contributed by atoms with Gasteiger partial charge in [0.2, 0.25) is 0 Å². The predicted molar refractivity (Wildman–Crippen MR) is 55.4 cm³/mol. The van der Waals surface area contributed by atoms with E-state index in [1.165, 1.54) is 19.4 Å². The molecule has 0 bridgehead atoms. The lowest BCUT2D eigenvalue weighted by atomic mass is 9.99. The number of nitrogens with one attached hydrogen (secondary N) is 1. The maximum Gasteiger partial charge on any atom is 0.296 e. The molecule has 1 fully saturated rings. The highest BCUT2D eigenvalue weighted by Gasteiger charge is 2.16. The Morgan fingerprint density at radius 1 is 1.71 bits per heavy atom. The van der Waals surface area contributed by atoms with Gasteiger partial charge in [0.25, 0.3) is 6.01 Å². The van der Waals surface area contributed by atoms with Crippen LogP contribution in [0, 0.1) is 5.92 Å². The Kier molecular flexibility index (Phi) is 3.03. The number of rotatable bonds is 3. The fraction of sp³-hybridized carbons (Fsp3) is 0.700. The van der Waals surface area contributed by atoms with E-state index in [2.05, 4.69) is 15.2 Å². The summed E-state index contributed by atoms with van der Waals surface area (Å²) in [7, 11) is 2.03. The molecular formula is C10H17N3O. The second kappa shape index (κ2) is 4.46. The maximum atomic E-state index is 5.23. The first-order valence-corrected chi connectivity index (χ1v) is 5.17. The van der Waals surface area contributed by atoms with Crippen molar-refractivity contribution >= 4 is 6.01 Å². The summed E-state index contributed by atoms with van der Waals surface area (Å²) < 4.78 is 5.23. The molecule has 0 radical (unpaired) electrons. The molecule has 1 aromatic rings. The van der Waals surface area contributed by atoms with Gasteiger partial charge < -0.3 is 14.6 Å². The summed E-state index contributed by atoms with van der Waals surface area (Å²) in [5, 5.41) is 3.41. The van der Waals surface area contributed by atoms with Gasteiger partial charge in [0, 0.05) is 13.6 Å². The van der Waals surface area contributed by atoms with E-state index in [4.69, 9.17) is 4.42 Å². The van der Waals surface area contributed by atoms with Gasteiger partial charge in [0.1, 0.15) is 6.26 Å². The second-order valence-corrected chi connectivity index (χ2v) is 3.91. The topological polar surface area (TPSA) is 41.3 Å². The molecule has 1 aliphatic heterocycles. The van der Waals surface area contributed by atoms with Gasteiger partial charge in [-0.2, -0.15) is 0 Å². The fourth-order valence-electron chi connectivity index (χ4n) is 1.95. The van der Waals surface area contributed by atoms with E-state index >= 15 is 0 Å². The molecule has 4 nitrogen and oxygen atoms in total. The van der Waals surface area contributed by atoms with Crippen molar-refractivity contribution in [3.63, 3.8) is 0 Å². The standard InChI is InChI=1S/C10H17N3O/c1-13(10-12-5-6-14-10)8-9-3-2-4-11-7-9/h5-6,9,11H,2-4,7-8H2,1H3. The van der Waals surface area contributed by atoms with Crippen LogP contribution in [-0.2, 0) is 0 Å². The van der Waals surface area contributed by atoms with E-state index < -0.39 is 0 Å². The van der Waals surface area contributed by atoms with Crippen molar-refractivity contribution < 1.29 is 4.42 Å². The highest BCUT2D eigenvalue weighted by Crippen LogP contribution is 2.15. The Morgan fingerprint density at radius 2 is 2.64 bits per heavy atom. The van der Waals surface area contributed by atoms with Crippen LogP contribution in [0.3, 0.4) is 0 Å². The van der Waals surface area contributed by atoms with E-state index in [0.29, 0.717) is 0 Å². The second-order valence-electron chi connectivity index (χ2n) is 3.91. The molecule has 14 heavy (non-hydrogen) atoms. The Balaban J connectivity index is 1.84. The van der Waals surface area contributed by atoms with Crippen LogP contribution < -0.4 is 10.2 Å². The van der Waals surface area contributed by atoms with E-state index in [1.54, 1.807) is 12.5 Å². The zero-order valence-corrected chi connectivity index (χ0v) is 8.57. The molecule has 4 heteroatoms. The largest absolute Gasteiger partial charge is 0.432 e. The lowest BCUT2D eigenvalue weighted by Crippen LogP contribution is -2.36. The molecule has 78 valence electrons. The summed E-state index contributed by atoms with van der Waals surface area (Å²) in [5.41, 5.74) is 0. The lowest BCUT2D eigenvalue weighted by Gasteiger charge is -2.26. The van der Waals surface area contributed by atoms with Crippen molar-refractivity contribution in [1.82, 2.24) is 10.3 Å². The average Bonchev–Trinajstić information content (AvgIpc) is 2.72. The number of hydrogen-bond acceptors (Lipinski definition) is 4. The van der Waals surface area contributed by atoms with Crippen LogP contribution in [-0.4, -0.2) is 31.7 Å². The third-order valence-corrected chi connectivity index (χ3v) is 2.68. The quantitative estimate of drug-likeness (QED) is 0.784. The number of nitrogens with zero attached hydrogens (tertiary/aromatic N) is 2. The number of anilines is 1. The molecule has 0 aliphatic carbocycles. The summed E-state index contributed by atoms with van der Waals surface area (Å²) >= 11 is 0. The summed E-state index contributed by atoms with van der Waals surface area (Å²) in [5.74, 6) is 0.723. The van der Waals surface area contributed by atoms with Gasteiger partial charge in [0.15, 0.2) is 0 Å². The Bertz CT molecular complexity index is 254. The van der Waals surface area contributed by atoms with Gasteiger partial charge in [0.05, 0.1) is 6.20 Å². The molecule has 1 unspecified atom stereocenters. The molecule has 1 atom stereocenters. The lowest BCUT2D eigenvalue weighted by molar-refractivity contribution is 0.374. The maximum absolute atomic E-state index is 5.23. The van der Waals surface area contributed by atoms with Crippen molar-refractivity contribution in [3.8, 4) is 0 Å². The monoisotopic (exact) mass is 195 g/mol. The molecule has 1 N–H and O–H groups in total. The minimum Gasteiger partial charge on any atom is -0.432 e. The molecule has 2 heterocycles. The smallest absolute Gasteiger partial charge is 0.296 e. The van der Waals surface area contributed by atoms with Crippen molar-refractivity contribution in [1.29, 1.82) is 0 Å². The van der Waals surface area contributed by atoms with Crippen molar-refractivity contribution in [3.05, 3.63) is 12.5 Å². The number of piperidine rings is 1. The summed E-state index contributed by atoms with van der Waals surface area (Å²) in [6.07, 6.45) is 5.89. The van der Waals surface area contributed by atoms with Gasteiger partial charge >= 0.3 is 0 Å². The zero-order chi connectivity index (χ0) is 9.80. The number of hydrogen-bond donors (Lipinski definition) is 1. The van der Waals surface area contributed by atoms with Crippen LogP contribution in [0.15, 0.2) is 16.9 Å². The fourth-order valence-corrected chi connectivity index (χ4v) is 1.95. The Morgan fingerprint density at radius 3 is 3.29 bits per heavy atom. The summed E-state index contributed by atoms with van der Waals surface area (Å²) in [6, 6.07) is 0.718. The average molecular weight is 195 g/mol. The Labute approximate surface area is 84.3 Å². The SMILES string of the molecule is CN(CC1CCCNC1)c1ncco1. The van der Waals surface area contributed by atoms with E-state index in [-0.39, 0.29) is 0 Å². The van der Waals surface area contributed by atoms with Gasteiger partial charge in [-0.05, 0) is 31.8 Å². The van der Waals surface area contributed by atoms with Crippen LogP contribution in [0.4, 0.5) is 6.01 Å². The van der Waals surface area contributed by atoms with Crippen LogP contribution in [0.1, 0.15) is 12.8 Å². The van der Waals surface area contributed by atoms with Crippen molar-refractivity contribution in [2.45, 2.75) is 12.8 Å². The molecule has 0 spiro atoms. The van der Waals surface area contributed by atoms with Crippen LogP contribution in [0.5, 0.6) is 0 Å². The minimum absolute atomic E-state index is 0.718. The van der Waals surface area contributed by atoms with Gasteiger partial charge in [-0.25, -0.2) is 4.98 Å². The molecule has 0 saturated carbocycles. The van der Waals surface area contributed by atoms with Gasteiger partial charge in [-0.15, -0.1) is 0 Å². The molecule has 1 saturated heterocycles. The van der Waals surface area contributed by atoms with Gasteiger partial charge in [-0.3, -0.25) is 0 Å². The van der Waals surface area contributed by atoms with Crippen LogP contribution >= 0.6 is 0 Å². The third-order valence-electron chi connectivity index (χ3n) is 2.68. The van der Waals surface area contributed by atoms with Crippen LogP contribution in [0.25, 0.3) is 0 Å². The van der Waals surface area contributed by atoms with Crippen LogP contribution in [0.2, 0.25) is 0 Å². The predicted octanol–water partition coefficient (Wildman–Crippen LogP) is 1.11. The minimum atomic E-state index is 0.718. The van der Waals surface area contributed by atoms with E-state index in [9.17, 15) is 0 Å². The van der Waals surface area contributed by atoms with Crippen molar-refractivity contribution in [2.24, 2.45) is 5.92 Å². The van der Waals surface area contributed by atoms with Crippen molar-refractivity contribution in [2.75, 3.05) is 31.6 Å². The molecule has 2 rings (SSSR count). The first-order valence-electron chi connectivity index (χ1n) is 5.17. The summed E-state index contributed by atoms with van der Waals surface area (Å²) in [4.78, 5) is 6.20. The first-order chi connectivity index (χ1) is 6.86. The number of oxazole rings is 1. The zero-order valence-electron chi connectivity index (χ0n) is 8.57. The Hall–Kier alpha value is -1.03. The summed E-state index contributed by atoms with van der Waals surface area (Å²) in [6.45, 7) is 3.30. The molecular weight excluding hydrogens is 178 g/mol. The molecule has 0 aromatic carbocycles. The molecule has 1 aliphatic rings. The van der Waals surface area contributed by atoms with E-state index in [1.807, 2.05) is 7.05 Å². The van der Waals surface area contributed by atoms with Gasteiger partial charge in [-0.1, -0.05) is 0 Å². The molecule has 0 amide bonds. The highest BCUT2D eigenvalue weighted by molar-refractivity contribution is 5.22. The highest BCUT2D eigenvalue weighted by atomic mass is 16.4. The number of aromatic nitrogens is 1. The third kappa shape index (κ3) is 2.26. The van der Waals surface area contributed by atoms with E-state index in [0.717, 1.165) is 25.0 Å². The normalized spacial score (nSPS) is 22.2. The molecule has 1 aromatic heterocycles. The first kappa shape index (κ1) is 9.52.